The lowest BCUT2D eigenvalue weighted by atomic mass is 9.97. The van der Waals surface area contributed by atoms with E-state index in [0.717, 1.165) is 0 Å². The first-order valence-corrected chi connectivity index (χ1v) is 7.03. The Morgan fingerprint density at radius 1 is 1.67 bits per heavy atom. The van der Waals surface area contributed by atoms with E-state index in [4.69, 9.17) is 16.3 Å². The largest absolute Gasteiger partial charge is 0.385 e. The Morgan fingerprint density at radius 3 is 3.05 bits per heavy atom. The van der Waals surface area contributed by atoms with E-state index in [1.54, 1.807) is 6.92 Å². The molecule has 0 saturated carbocycles. The maximum atomic E-state index is 13.0. The van der Waals surface area contributed by atoms with Gasteiger partial charge in [-0.15, -0.1) is 0 Å². The Bertz CT molecular complexity index is 564. The SMILES string of the molecule is CC1OCCC1(O)CNC(=O)/C=C/c1ccc(F)c(Cl)c1. The van der Waals surface area contributed by atoms with Crippen LogP contribution in [-0.4, -0.2) is 35.9 Å². The fraction of sp³-hybridized carbons (Fsp3) is 0.400. The molecule has 0 aliphatic carbocycles. The summed E-state index contributed by atoms with van der Waals surface area (Å²) in [5.74, 6) is -0.848. The van der Waals surface area contributed by atoms with Crippen LogP contribution in [0, 0.1) is 5.82 Å². The predicted octanol–water partition coefficient (Wildman–Crippen LogP) is 2.15. The minimum absolute atomic E-state index is 0.00352. The average Bonchev–Trinajstić information content (AvgIpc) is 2.78. The third-order valence-electron chi connectivity index (χ3n) is 3.60. The van der Waals surface area contributed by atoms with E-state index in [2.05, 4.69) is 5.32 Å². The van der Waals surface area contributed by atoms with Gasteiger partial charge in [0, 0.05) is 25.6 Å². The van der Waals surface area contributed by atoms with Gasteiger partial charge in [-0.25, -0.2) is 4.39 Å². The molecule has 114 valence electrons. The third-order valence-corrected chi connectivity index (χ3v) is 3.89. The summed E-state index contributed by atoms with van der Waals surface area (Å²) in [6, 6.07) is 4.19. The minimum atomic E-state index is -1.03. The van der Waals surface area contributed by atoms with Crippen molar-refractivity contribution in [2.24, 2.45) is 0 Å². The van der Waals surface area contributed by atoms with E-state index < -0.39 is 11.4 Å². The Morgan fingerprint density at radius 2 is 2.43 bits per heavy atom. The topological polar surface area (TPSA) is 58.6 Å². The summed E-state index contributed by atoms with van der Waals surface area (Å²) in [5.41, 5.74) is -0.407. The molecule has 1 aliphatic heterocycles. The van der Waals surface area contributed by atoms with Crippen molar-refractivity contribution in [3.8, 4) is 0 Å². The van der Waals surface area contributed by atoms with Gasteiger partial charge < -0.3 is 15.2 Å². The normalized spacial score (nSPS) is 25.4. The van der Waals surface area contributed by atoms with Gasteiger partial charge in [-0.05, 0) is 30.7 Å². The number of carbonyl (C=O) groups excluding carboxylic acids is 1. The predicted molar refractivity (Wildman–Crippen MR) is 78.4 cm³/mol. The molecule has 2 atom stereocenters. The van der Waals surface area contributed by atoms with Crippen molar-refractivity contribution in [1.82, 2.24) is 5.32 Å². The number of carbonyl (C=O) groups is 1. The second-order valence-corrected chi connectivity index (χ2v) is 5.50. The van der Waals surface area contributed by atoms with Crippen LogP contribution in [0.25, 0.3) is 6.08 Å². The van der Waals surface area contributed by atoms with E-state index >= 15 is 0 Å². The molecule has 1 fully saturated rings. The fourth-order valence-corrected chi connectivity index (χ4v) is 2.28. The minimum Gasteiger partial charge on any atom is -0.385 e. The average molecular weight is 314 g/mol. The third kappa shape index (κ3) is 4.03. The van der Waals surface area contributed by atoms with Crippen molar-refractivity contribution in [2.45, 2.75) is 25.0 Å². The number of ether oxygens (including phenoxy) is 1. The van der Waals surface area contributed by atoms with E-state index in [0.29, 0.717) is 18.6 Å². The Balaban J connectivity index is 1.89. The fourth-order valence-electron chi connectivity index (χ4n) is 2.09. The van der Waals surface area contributed by atoms with Crippen molar-refractivity contribution >= 4 is 23.6 Å². The maximum Gasteiger partial charge on any atom is 0.244 e. The number of benzene rings is 1. The number of hydrogen-bond donors (Lipinski definition) is 2. The van der Waals surface area contributed by atoms with Crippen LogP contribution in [0.1, 0.15) is 18.9 Å². The first-order chi connectivity index (χ1) is 9.90. The Hall–Kier alpha value is -1.43. The second-order valence-electron chi connectivity index (χ2n) is 5.09. The molecule has 21 heavy (non-hydrogen) atoms. The van der Waals surface area contributed by atoms with Crippen LogP contribution in [0.5, 0.6) is 0 Å². The summed E-state index contributed by atoms with van der Waals surface area (Å²) < 4.78 is 18.3. The molecular formula is C15H17ClFNO3. The highest BCUT2D eigenvalue weighted by atomic mass is 35.5. The molecule has 2 N–H and O–H groups in total. The number of halogens is 2. The zero-order valence-corrected chi connectivity index (χ0v) is 12.4. The van der Waals surface area contributed by atoms with Gasteiger partial charge in [0.2, 0.25) is 5.91 Å². The summed E-state index contributed by atoms with van der Waals surface area (Å²) in [6.45, 7) is 2.38. The molecule has 0 aromatic heterocycles. The first-order valence-electron chi connectivity index (χ1n) is 6.66. The lowest BCUT2D eigenvalue weighted by Crippen LogP contribution is -2.47. The monoisotopic (exact) mass is 313 g/mol. The molecule has 6 heteroatoms. The van der Waals surface area contributed by atoms with Crippen molar-refractivity contribution in [1.29, 1.82) is 0 Å². The quantitative estimate of drug-likeness (QED) is 0.837. The molecule has 1 heterocycles. The van der Waals surface area contributed by atoms with E-state index in [9.17, 15) is 14.3 Å². The molecule has 1 saturated heterocycles. The molecule has 1 aliphatic rings. The van der Waals surface area contributed by atoms with Crippen molar-refractivity contribution in [3.05, 3.63) is 40.7 Å². The number of amides is 1. The van der Waals surface area contributed by atoms with E-state index in [1.165, 1.54) is 30.4 Å². The van der Waals surface area contributed by atoms with Crippen LogP contribution in [0.3, 0.4) is 0 Å². The highest BCUT2D eigenvalue weighted by molar-refractivity contribution is 6.30. The molecule has 0 radical (unpaired) electrons. The van der Waals surface area contributed by atoms with Crippen molar-refractivity contribution in [2.75, 3.05) is 13.2 Å². The first kappa shape index (κ1) is 15.9. The molecular weight excluding hydrogens is 297 g/mol. The molecule has 2 unspecified atom stereocenters. The summed E-state index contributed by atoms with van der Waals surface area (Å²) in [5, 5.41) is 12.9. The Labute approximate surface area is 127 Å². The van der Waals surface area contributed by atoms with Gasteiger partial charge in [0.1, 0.15) is 11.4 Å². The van der Waals surface area contributed by atoms with Gasteiger partial charge in [-0.2, -0.15) is 0 Å². The zero-order valence-electron chi connectivity index (χ0n) is 11.6. The molecule has 1 aromatic carbocycles. The van der Waals surface area contributed by atoms with Crippen molar-refractivity contribution in [3.63, 3.8) is 0 Å². The van der Waals surface area contributed by atoms with Crippen LogP contribution in [0.15, 0.2) is 24.3 Å². The van der Waals surface area contributed by atoms with Gasteiger partial charge >= 0.3 is 0 Å². The van der Waals surface area contributed by atoms with Crippen LogP contribution < -0.4 is 5.32 Å². The van der Waals surface area contributed by atoms with Gasteiger partial charge in [0.25, 0.3) is 0 Å². The Kier molecular flexibility index (Phi) is 4.98. The highest BCUT2D eigenvalue weighted by Crippen LogP contribution is 2.24. The second kappa shape index (κ2) is 6.56. The van der Waals surface area contributed by atoms with Gasteiger partial charge in [-0.3, -0.25) is 4.79 Å². The molecule has 1 amide bonds. The number of rotatable bonds is 4. The van der Waals surface area contributed by atoms with Gasteiger partial charge in [0.15, 0.2) is 0 Å². The number of nitrogens with one attached hydrogen (secondary N) is 1. The molecule has 4 nitrogen and oxygen atoms in total. The molecule has 0 spiro atoms. The molecule has 0 bridgehead atoms. The summed E-state index contributed by atoms with van der Waals surface area (Å²) in [7, 11) is 0. The standard InChI is InChI=1S/C15H17ClFNO3/c1-10-15(20,6-7-21-10)9-18-14(19)5-3-11-2-4-13(17)12(16)8-11/h2-5,8,10,20H,6-7,9H2,1H3,(H,18,19)/b5-3+. The molecule has 2 rings (SSSR count). The van der Waals surface area contributed by atoms with E-state index in [1.807, 2.05) is 0 Å². The van der Waals surface area contributed by atoms with Crippen LogP contribution in [0.2, 0.25) is 5.02 Å². The van der Waals surface area contributed by atoms with E-state index in [-0.39, 0.29) is 23.6 Å². The van der Waals surface area contributed by atoms with Crippen LogP contribution in [0.4, 0.5) is 4.39 Å². The lowest BCUT2D eigenvalue weighted by molar-refractivity contribution is -0.118. The summed E-state index contributed by atoms with van der Waals surface area (Å²) in [4.78, 5) is 11.7. The zero-order chi connectivity index (χ0) is 15.5. The summed E-state index contributed by atoms with van der Waals surface area (Å²) in [6.07, 6.45) is 3.02. The van der Waals surface area contributed by atoms with Crippen LogP contribution in [-0.2, 0) is 9.53 Å². The van der Waals surface area contributed by atoms with Gasteiger partial charge in [0.05, 0.1) is 11.1 Å². The van der Waals surface area contributed by atoms with Crippen molar-refractivity contribution < 1.29 is 19.0 Å². The number of hydrogen-bond acceptors (Lipinski definition) is 3. The smallest absolute Gasteiger partial charge is 0.244 e. The van der Waals surface area contributed by atoms with Gasteiger partial charge in [-0.1, -0.05) is 17.7 Å². The maximum absolute atomic E-state index is 13.0. The molecule has 1 aromatic rings. The van der Waals surface area contributed by atoms with Crippen LogP contribution >= 0.6 is 11.6 Å². The number of aliphatic hydroxyl groups is 1. The highest BCUT2D eigenvalue weighted by Gasteiger charge is 2.39. The lowest BCUT2D eigenvalue weighted by Gasteiger charge is -2.25. The summed E-state index contributed by atoms with van der Waals surface area (Å²) >= 11 is 5.65.